The van der Waals surface area contributed by atoms with Crippen LogP contribution < -0.4 is 4.90 Å². The minimum atomic E-state index is 1.00. The van der Waals surface area contributed by atoms with Gasteiger partial charge in [-0.15, -0.1) is 0 Å². The zero-order chi connectivity index (χ0) is 22.8. The Hall–Kier alpha value is -3.84. The van der Waals surface area contributed by atoms with Gasteiger partial charge >= 0.3 is 0 Å². The molecule has 0 aliphatic rings. The van der Waals surface area contributed by atoms with E-state index in [2.05, 4.69) is 135 Å². The van der Waals surface area contributed by atoms with Gasteiger partial charge in [0.05, 0.1) is 0 Å². The van der Waals surface area contributed by atoms with Crippen LogP contribution in [0, 0.1) is 6.92 Å². The molecule has 0 bridgehead atoms. The first kappa shape index (κ1) is 21.0. The number of fused-ring (bicyclic) bond motifs is 1. The third kappa shape index (κ3) is 4.27. The minimum Gasteiger partial charge on any atom is -0.345 e. The normalized spacial score (nSPS) is 11.0. The highest BCUT2D eigenvalue weighted by atomic mass is 15.1. The molecule has 0 atom stereocenters. The smallest absolute Gasteiger partial charge is 0.0408 e. The Labute approximate surface area is 197 Å². The van der Waals surface area contributed by atoms with Crippen LogP contribution in [0.4, 0.5) is 11.4 Å². The molecule has 0 aliphatic carbocycles. The van der Waals surface area contributed by atoms with E-state index in [1.807, 2.05) is 0 Å². The van der Waals surface area contributed by atoms with E-state index in [1.54, 1.807) is 0 Å². The van der Waals surface area contributed by atoms with Crippen molar-refractivity contribution in [2.45, 2.75) is 20.3 Å². The molecule has 0 fully saturated rings. The highest BCUT2D eigenvalue weighted by molar-refractivity contribution is 5.88. The molecule has 0 saturated heterocycles. The van der Waals surface area contributed by atoms with Crippen LogP contribution in [0.15, 0.2) is 109 Å². The monoisotopic (exact) mass is 427 g/mol. The van der Waals surface area contributed by atoms with E-state index in [0.717, 1.165) is 6.42 Å². The van der Waals surface area contributed by atoms with Gasteiger partial charge in [-0.3, -0.25) is 0 Å². The Kier molecular flexibility index (Phi) is 5.71. The molecular formula is C32H29N. The Balaban J connectivity index is 1.44. The number of anilines is 2. The number of hydrogen-bond donors (Lipinski definition) is 0. The zero-order valence-corrected chi connectivity index (χ0v) is 19.5. The first-order chi connectivity index (χ1) is 16.1. The van der Waals surface area contributed by atoms with Gasteiger partial charge < -0.3 is 4.90 Å². The largest absolute Gasteiger partial charge is 0.345 e. The summed E-state index contributed by atoms with van der Waals surface area (Å²) in [5, 5.41) is 2.56. The van der Waals surface area contributed by atoms with E-state index in [1.165, 1.54) is 55.5 Å². The summed E-state index contributed by atoms with van der Waals surface area (Å²) in [5.41, 5.74) is 10.2. The molecule has 1 nitrogen and oxygen atoms in total. The van der Waals surface area contributed by atoms with E-state index in [-0.39, 0.29) is 0 Å². The summed E-state index contributed by atoms with van der Waals surface area (Å²) in [4.78, 5) is 2.23. The van der Waals surface area contributed by atoms with Crippen molar-refractivity contribution in [3.8, 4) is 22.3 Å². The maximum absolute atomic E-state index is 2.35. The molecule has 0 radical (unpaired) electrons. The van der Waals surface area contributed by atoms with Gasteiger partial charge in [0.2, 0.25) is 0 Å². The van der Waals surface area contributed by atoms with Gasteiger partial charge in [-0.05, 0) is 82.3 Å². The highest BCUT2D eigenvalue weighted by Gasteiger charge is 2.09. The number of nitrogens with zero attached hydrogens (tertiary/aromatic N) is 1. The highest BCUT2D eigenvalue weighted by Crippen LogP contribution is 2.33. The summed E-state index contributed by atoms with van der Waals surface area (Å²) in [6.45, 7) is 4.36. The van der Waals surface area contributed by atoms with Crippen LogP contribution >= 0.6 is 0 Å². The molecule has 5 rings (SSSR count). The first-order valence-electron chi connectivity index (χ1n) is 11.7. The average molecular weight is 428 g/mol. The average Bonchev–Trinajstić information content (AvgIpc) is 2.88. The summed E-state index contributed by atoms with van der Waals surface area (Å²) in [6, 6.07) is 39.7. The molecule has 0 unspecified atom stereocenters. The van der Waals surface area contributed by atoms with Gasteiger partial charge in [0.25, 0.3) is 0 Å². The first-order valence-corrected chi connectivity index (χ1v) is 11.7. The van der Waals surface area contributed by atoms with Gasteiger partial charge in [-0.25, -0.2) is 0 Å². The van der Waals surface area contributed by atoms with Gasteiger partial charge in [0, 0.05) is 18.4 Å². The van der Waals surface area contributed by atoms with Crippen LogP contribution in [0.1, 0.15) is 18.1 Å². The third-order valence-corrected chi connectivity index (χ3v) is 6.56. The van der Waals surface area contributed by atoms with E-state index in [4.69, 9.17) is 0 Å². The molecule has 0 N–H and O–H groups in total. The fraction of sp³-hybridized carbons (Fsp3) is 0.125. The van der Waals surface area contributed by atoms with Crippen molar-refractivity contribution in [3.05, 3.63) is 120 Å². The van der Waals surface area contributed by atoms with E-state index >= 15 is 0 Å². The summed E-state index contributed by atoms with van der Waals surface area (Å²) < 4.78 is 0. The molecule has 33 heavy (non-hydrogen) atoms. The maximum atomic E-state index is 2.35. The van der Waals surface area contributed by atoms with Crippen molar-refractivity contribution < 1.29 is 0 Å². The number of rotatable bonds is 5. The lowest BCUT2D eigenvalue weighted by Gasteiger charge is -2.20. The Morgan fingerprint density at radius 3 is 1.85 bits per heavy atom. The van der Waals surface area contributed by atoms with Crippen molar-refractivity contribution in [3.63, 3.8) is 0 Å². The van der Waals surface area contributed by atoms with Crippen molar-refractivity contribution in [1.29, 1.82) is 0 Å². The van der Waals surface area contributed by atoms with Crippen molar-refractivity contribution in [1.82, 2.24) is 0 Å². The van der Waals surface area contributed by atoms with Gasteiger partial charge in [-0.1, -0.05) is 91.3 Å². The molecule has 0 amide bonds. The zero-order valence-electron chi connectivity index (χ0n) is 19.5. The fourth-order valence-corrected chi connectivity index (χ4v) is 4.50. The Morgan fingerprint density at radius 2 is 1.15 bits per heavy atom. The van der Waals surface area contributed by atoms with Gasteiger partial charge in [0.1, 0.15) is 0 Å². The Morgan fingerprint density at radius 1 is 0.576 bits per heavy atom. The molecule has 5 aromatic carbocycles. The van der Waals surface area contributed by atoms with Gasteiger partial charge in [0.15, 0.2) is 0 Å². The molecule has 0 saturated carbocycles. The number of benzene rings is 5. The van der Waals surface area contributed by atoms with E-state index < -0.39 is 0 Å². The minimum absolute atomic E-state index is 1.00. The lowest BCUT2D eigenvalue weighted by Crippen LogP contribution is -2.09. The van der Waals surface area contributed by atoms with E-state index in [9.17, 15) is 0 Å². The topological polar surface area (TPSA) is 3.24 Å². The lowest BCUT2D eigenvalue weighted by molar-refractivity contribution is 1.14. The SMILES string of the molecule is CCc1cc(-c2ccc3ccccc3c2)ccc1-c1ccc(N(C)c2ccc(C)cc2)cc1. The second kappa shape index (κ2) is 8.96. The second-order valence-corrected chi connectivity index (χ2v) is 8.73. The van der Waals surface area contributed by atoms with Crippen LogP contribution in [0.2, 0.25) is 0 Å². The van der Waals surface area contributed by atoms with Crippen LogP contribution in [0.25, 0.3) is 33.0 Å². The molecule has 0 aromatic heterocycles. The predicted molar refractivity (Wildman–Crippen MR) is 143 cm³/mol. The van der Waals surface area contributed by atoms with E-state index in [0.29, 0.717) is 0 Å². The number of hydrogen-bond acceptors (Lipinski definition) is 1. The van der Waals surface area contributed by atoms with Crippen molar-refractivity contribution in [2.75, 3.05) is 11.9 Å². The van der Waals surface area contributed by atoms with Crippen molar-refractivity contribution >= 4 is 22.1 Å². The quantitative estimate of drug-likeness (QED) is 0.271. The molecule has 0 aliphatic heterocycles. The maximum Gasteiger partial charge on any atom is 0.0408 e. The van der Waals surface area contributed by atoms with Crippen LogP contribution in [-0.4, -0.2) is 7.05 Å². The van der Waals surface area contributed by atoms with Crippen LogP contribution in [0.5, 0.6) is 0 Å². The molecule has 162 valence electrons. The van der Waals surface area contributed by atoms with Crippen molar-refractivity contribution in [2.24, 2.45) is 0 Å². The third-order valence-electron chi connectivity index (χ3n) is 6.56. The van der Waals surface area contributed by atoms with Crippen LogP contribution in [0.3, 0.4) is 0 Å². The fourth-order valence-electron chi connectivity index (χ4n) is 4.50. The molecule has 5 aromatic rings. The van der Waals surface area contributed by atoms with Crippen LogP contribution in [-0.2, 0) is 6.42 Å². The number of aryl methyl sites for hydroxylation is 2. The molecule has 1 heteroatoms. The lowest BCUT2D eigenvalue weighted by atomic mass is 9.93. The summed E-state index contributed by atoms with van der Waals surface area (Å²) in [5.74, 6) is 0. The second-order valence-electron chi connectivity index (χ2n) is 8.73. The summed E-state index contributed by atoms with van der Waals surface area (Å²) in [6.07, 6.45) is 1.00. The summed E-state index contributed by atoms with van der Waals surface area (Å²) >= 11 is 0. The van der Waals surface area contributed by atoms with Gasteiger partial charge in [-0.2, -0.15) is 0 Å². The Bertz CT molecular complexity index is 1400. The summed E-state index contributed by atoms with van der Waals surface area (Å²) in [7, 11) is 2.12. The molecule has 0 heterocycles. The molecule has 0 spiro atoms. The standard InChI is InChI=1S/C32H29N/c1-4-24-21-29(28-12-11-25-7-5-6-8-27(25)22-28)15-20-32(24)26-13-18-31(19-14-26)33(3)30-16-9-23(2)10-17-30/h5-22H,4H2,1-3H3. The predicted octanol–water partition coefficient (Wildman–Crippen LogP) is 8.81. The molecular weight excluding hydrogens is 398 g/mol.